The Bertz CT molecular complexity index is 330. The van der Waals surface area contributed by atoms with Crippen molar-refractivity contribution in [2.24, 2.45) is 11.1 Å². The fourth-order valence-corrected chi connectivity index (χ4v) is 2.37. The number of anilines is 1. The van der Waals surface area contributed by atoms with Gasteiger partial charge in [-0.1, -0.05) is 31.5 Å². The first kappa shape index (κ1) is 15.0. The standard InChI is InChI=1S/C16H28N2/c1-5-16(6-2,12-17)13-18(7-3)15-10-8-14(4)9-11-15/h8-11H,5-7,12-13,17H2,1-4H3. The third-order valence-corrected chi connectivity index (χ3v) is 4.24. The molecule has 1 aromatic carbocycles. The molecule has 0 bridgehead atoms. The van der Waals surface area contributed by atoms with Gasteiger partial charge in [0.2, 0.25) is 0 Å². The van der Waals surface area contributed by atoms with Crippen molar-refractivity contribution < 1.29 is 0 Å². The summed E-state index contributed by atoms with van der Waals surface area (Å²) in [4.78, 5) is 2.44. The van der Waals surface area contributed by atoms with Crippen LogP contribution in [-0.4, -0.2) is 19.6 Å². The number of benzene rings is 1. The molecule has 0 radical (unpaired) electrons. The zero-order chi connectivity index (χ0) is 13.6. The predicted octanol–water partition coefficient (Wildman–Crippen LogP) is 3.59. The summed E-state index contributed by atoms with van der Waals surface area (Å²) in [6.45, 7) is 11.7. The second-order valence-corrected chi connectivity index (χ2v) is 5.26. The molecule has 2 heteroatoms. The zero-order valence-electron chi connectivity index (χ0n) is 12.4. The highest BCUT2D eigenvalue weighted by Crippen LogP contribution is 2.28. The normalized spacial score (nSPS) is 11.6. The molecule has 0 atom stereocenters. The number of nitrogens with zero attached hydrogens (tertiary/aromatic N) is 1. The van der Waals surface area contributed by atoms with E-state index in [-0.39, 0.29) is 5.41 Å². The van der Waals surface area contributed by atoms with Crippen LogP contribution in [0.25, 0.3) is 0 Å². The molecule has 0 heterocycles. The van der Waals surface area contributed by atoms with Crippen LogP contribution in [-0.2, 0) is 0 Å². The van der Waals surface area contributed by atoms with E-state index in [0.29, 0.717) is 0 Å². The summed E-state index contributed by atoms with van der Waals surface area (Å²) in [5.41, 5.74) is 8.88. The minimum Gasteiger partial charge on any atom is -0.371 e. The van der Waals surface area contributed by atoms with E-state index in [0.717, 1.165) is 32.5 Å². The molecule has 0 aromatic heterocycles. The largest absolute Gasteiger partial charge is 0.371 e. The van der Waals surface area contributed by atoms with Crippen LogP contribution in [0, 0.1) is 12.3 Å². The van der Waals surface area contributed by atoms with Crippen LogP contribution in [0.1, 0.15) is 39.2 Å². The third-order valence-electron chi connectivity index (χ3n) is 4.24. The molecule has 0 aliphatic rings. The highest BCUT2D eigenvalue weighted by Gasteiger charge is 2.26. The number of aryl methyl sites for hydroxylation is 1. The molecule has 0 unspecified atom stereocenters. The van der Waals surface area contributed by atoms with E-state index < -0.39 is 0 Å². The lowest BCUT2D eigenvalue weighted by Gasteiger charge is -2.37. The van der Waals surface area contributed by atoms with E-state index in [1.165, 1.54) is 11.3 Å². The van der Waals surface area contributed by atoms with Crippen molar-refractivity contribution in [2.75, 3.05) is 24.5 Å². The Morgan fingerprint density at radius 3 is 2.00 bits per heavy atom. The van der Waals surface area contributed by atoms with Gasteiger partial charge >= 0.3 is 0 Å². The Morgan fingerprint density at radius 1 is 1.06 bits per heavy atom. The van der Waals surface area contributed by atoms with Crippen molar-refractivity contribution in [3.8, 4) is 0 Å². The van der Waals surface area contributed by atoms with Crippen LogP contribution in [0.4, 0.5) is 5.69 Å². The first-order valence-electron chi connectivity index (χ1n) is 7.12. The third kappa shape index (κ3) is 3.49. The van der Waals surface area contributed by atoms with Crippen LogP contribution in [0.3, 0.4) is 0 Å². The molecule has 1 rings (SSSR count). The van der Waals surface area contributed by atoms with E-state index in [1.54, 1.807) is 0 Å². The summed E-state index contributed by atoms with van der Waals surface area (Å²) < 4.78 is 0. The van der Waals surface area contributed by atoms with E-state index in [9.17, 15) is 0 Å². The minimum absolute atomic E-state index is 0.251. The fraction of sp³-hybridized carbons (Fsp3) is 0.625. The van der Waals surface area contributed by atoms with E-state index in [4.69, 9.17) is 5.73 Å². The van der Waals surface area contributed by atoms with Gasteiger partial charge < -0.3 is 10.6 Å². The van der Waals surface area contributed by atoms with Gasteiger partial charge in [-0.2, -0.15) is 0 Å². The van der Waals surface area contributed by atoms with Crippen molar-refractivity contribution in [2.45, 2.75) is 40.5 Å². The lowest BCUT2D eigenvalue weighted by molar-refractivity contribution is 0.277. The summed E-state index contributed by atoms with van der Waals surface area (Å²) >= 11 is 0. The highest BCUT2D eigenvalue weighted by atomic mass is 15.1. The molecular weight excluding hydrogens is 220 g/mol. The number of hydrogen-bond donors (Lipinski definition) is 1. The summed E-state index contributed by atoms with van der Waals surface area (Å²) in [5, 5.41) is 0. The highest BCUT2D eigenvalue weighted by molar-refractivity contribution is 5.47. The van der Waals surface area contributed by atoms with Gasteiger partial charge in [-0.15, -0.1) is 0 Å². The summed E-state index contributed by atoms with van der Waals surface area (Å²) in [7, 11) is 0. The maximum atomic E-state index is 6.01. The van der Waals surface area contributed by atoms with Gasteiger partial charge in [0.05, 0.1) is 0 Å². The van der Waals surface area contributed by atoms with Gasteiger partial charge in [0.15, 0.2) is 0 Å². The van der Waals surface area contributed by atoms with Crippen molar-refractivity contribution in [3.63, 3.8) is 0 Å². The molecule has 0 aliphatic carbocycles. The van der Waals surface area contributed by atoms with Gasteiger partial charge in [0.25, 0.3) is 0 Å². The average molecular weight is 248 g/mol. The summed E-state index contributed by atoms with van der Waals surface area (Å²) in [5.74, 6) is 0. The van der Waals surface area contributed by atoms with Crippen LogP contribution < -0.4 is 10.6 Å². The van der Waals surface area contributed by atoms with Crippen molar-refractivity contribution in [1.29, 1.82) is 0 Å². The number of nitrogens with two attached hydrogens (primary N) is 1. The smallest absolute Gasteiger partial charge is 0.0366 e. The molecule has 0 saturated carbocycles. The topological polar surface area (TPSA) is 29.3 Å². The molecule has 2 nitrogen and oxygen atoms in total. The molecule has 0 fully saturated rings. The minimum atomic E-state index is 0.251. The Labute approximate surface area is 112 Å². The number of hydrogen-bond acceptors (Lipinski definition) is 2. The molecule has 0 spiro atoms. The second-order valence-electron chi connectivity index (χ2n) is 5.26. The Balaban J connectivity index is 2.86. The maximum absolute atomic E-state index is 6.01. The van der Waals surface area contributed by atoms with Crippen LogP contribution >= 0.6 is 0 Å². The number of rotatable bonds is 7. The van der Waals surface area contributed by atoms with Gasteiger partial charge in [0, 0.05) is 18.8 Å². The van der Waals surface area contributed by atoms with Crippen LogP contribution in [0.2, 0.25) is 0 Å². The molecule has 1 aromatic rings. The lowest BCUT2D eigenvalue weighted by atomic mass is 9.81. The molecule has 2 N–H and O–H groups in total. The molecule has 18 heavy (non-hydrogen) atoms. The Kier molecular flexibility index (Phi) is 5.67. The van der Waals surface area contributed by atoms with Gasteiger partial charge in [-0.25, -0.2) is 0 Å². The van der Waals surface area contributed by atoms with E-state index in [2.05, 4.69) is 56.9 Å². The second kappa shape index (κ2) is 6.79. The lowest BCUT2D eigenvalue weighted by Crippen LogP contribution is -2.42. The zero-order valence-corrected chi connectivity index (χ0v) is 12.4. The predicted molar refractivity (Wildman–Crippen MR) is 81.1 cm³/mol. The monoisotopic (exact) mass is 248 g/mol. The molecule has 102 valence electrons. The molecule has 0 saturated heterocycles. The maximum Gasteiger partial charge on any atom is 0.0366 e. The van der Waals surface area contributed by atoms with Gasteiger partial charge in [0.1, 0.15) is 0 Å². The Morgan fingerprint density at radius 2 is 1.61 bits per heavy atom. The average Bonchev–Trinajstić information content (AvgIpc) is 2.42. The SMILES string of the molecule is CCN(CC(CC)(CC)CN)c1ccc(C)cc1. The first-order chi connectivity index (χ1) is 8.60. The summed E-state index contributed by atoms with van der Waals surface area (Å²) in [6.07, 6.45) is 2.28. The van der Waals surface area contributed by atoms with Crippen LogP contribution in [0.5, 0.6) is 0 Å². The van der Waals surface area contributed by atoms with Gasteiger partial charge in [-0.05, 0) is 50.8 Å². The van der Waals surface area contributed by atoms with Crippen molar-refractivity contribution >= 4 is 5.69 Å². The quantitative estimate of drug-likeness (QED) is 0.799. The van der Waals surface area contributed by atoms with Gasteiger partial charge in [-0.3, -0.25) is 0 Å². The van der Waals surface area contributed by atoms with Crippen LogP contribution in [0.15, 0.2) is 24.3 Å². The summed E-state index contributed by atoms with van der Waals surface area (Å²) in [6, 6.07) is 8.79. The molecule has 0 aliphatic heterocycles. The fourth-order valence-electron chi connectivity index (χ4n) is 2.37. The van der Waals surface area contributed by atoms with E-state index in [1.807, 2.05) is 0 Å². The van der Waals surface area contributed by atoms with Crippen molar-refractivity contribution in [3.05, 3.63) is 29.8 Å². The molecule has 0 amide bonds. The van der Waals surface area contributed by atoms with E-state index >= 15 is 0 Å². The Hall–Kier alpha value is -1.02. The first-order valence-corrected chi connectivity index (χ1v) is 7.12. The van der Waals surface area contributed by atoms with Crippen molar-refractivity contribution in [1.82, 2.24) is 0 Å². The molecular formula is C16H28N2.